The van der Waals surface area contributed by atoms with E-state index in [0.29, 0.717) is 11.9 Å². The number of benzene rings is 1. The second kappa shape index (κ2) is 9.87. The minimum absolute atomic E-state index is 0.319. The fourth-order valence-electron chi connectivity index (χ4n) is 4.35. The first-order chi connectivity index (χ1) is 13.6. The van der Waals surface area contributed by atoms with Crippen molar-refractivity contribution in [3.63, 3.8) is 0 Å². The summed E-state index contributed by atoms with van der Waals surface area (Å²) in [6, 6.07) is 10.7. The van der Waals surface area contributed by atoms with E-state index < -0.39 is 0 Å². The van der Waals surface area contributed by atoms with E-state index >= 15 is 0 Å². The summed E-state index contributed by atoms with van der Waals surface area (Å²) in [6.07, 6.45) is 5.71. The molecule has 5 heteroatoms. The van der Waals surface area contributed by atoms with Gasteiger partial charge in [-0.15, -0.1) is 0 Å². The van der Waals surface area contributed by atoms with Crippen LogP contribution in [0.4, 0.5) is 11.8 Å². The summed E-state index contributed by atoms with van der Waals surface area (Å²) in [6.45, 7) is 8.82. The van der Waals surface area contributed by atoms with Gasteiger partial charge >= 0.3 is 0 Å². The van der Waals surface area contributed by atoms with Crippen LogP contribution in [0, 0.1) is 0 Å². The highest BCUT2D eigenvalue weighted by atomic mass is 15.2. The average molecular weight is 382 g/mol. The largest absolute Gasteiger partial charge is 0.368 e. The maximum atomic E-state index is 6.15. The van der Waals surface area contributed by atoms with E-state index in [-0.39, 0.29) is 0 Å². The van der Waals surface area contributed by atoms with Crippen molar-refractivity contribution in [2.24, 2.45) is 0 Å². The topological polar surface area (TPSA) is 58.3 Å². The van der Waals surface area contributed by atoms with Crippen LogP contribution in [-0.2, 0) is 6.42 Å². The number of hydrogen-bond donors (Lipinski definition) is 1. The third-order valence-electron chi connectivity index (χ3n) is 5.68. The van der Waals surface area contributed by atoms with Crippen molar-refractivity contribution in [1.29, 1.82) is 0 Å². The molecule has 2 N–H and O–H groups in total. The van der Waals surface area contributed by atoms with Crippen molar-refractivity contribution < 1.29 is 0 Å². The van der Waals surface area contributed by atoms with E-state index in [1.807, 2.05) is 0 Å². The lowest BCUT2D eigenvalue weighted by atomic mass is 9.82. The Morgan fingerprint density at radius 1 is 1.00 bits per heavy atom. The van der Waals surface area contributed by atoms with E-state index in [1.54, 1.807) is 0 Å². The maximum absolute atomic E-state index is 6.15. The van der Waals surface area contributed by atoms with Crippen LogP contribution in [0.25, 0.3) is 0 Å². The second-order valence-electron chi connectivity index (χ2n) is 7.89. The van der Waals surface area contributed by atoms with Crippen LogP contribution in [0.1, 0.15) is 62.3 Å². The van der Waals surface area contributed by atoms with E-state index in [9.17, 15) is 0 Å². The minimum Gasteiger partial charge on any atom is -0.368 e. The highest BCUT2D eigenvalue weighted by Gasteiger charge is 2.28. The minimum atomic E-state index is 0.319. The predicted molar refractivity (Wildman–Crippen MR) is 118 cm³/mol. The SMILES string of the molecule is CCCN(CCC)CCN(C)c1nc(N)nc2c1CCCC2c1ccccc1. The van der Waals surface area contributed by atoms with E-state index in [2.05, 4.69) is 66.0 Å². The van der Waals surface area contributed by atoms with Crippen LogP contribution in [-0.4, -0.2) is 48.1 Å². The first-order valence-electron chi connectivity index (χ1n) is 10.8. The van der Waals surface area contributed by atoms with Crippen molar-refractivity contribution in [2.75, 3.05) is 43.9 Å². The molecule has 1 aliphatic carbocycles. The lowest BCUT2D eigenvalue weighted by Crippen LogP contribution is -2.35. The molecule has 1 aliphatic rings. The van der Waals surface area contributed by atoms with Crippen LogP contribution >= 0.6 is 0 Å². The fraction of sp³-hybridized carbons (Fsp3) is 0.565. The third-order valence-corrected chi connectivity index (χ3v) is 5.68. The van der Waals surface area contributed by atoms with Gasteiger partial charge in [0.15, 0.2) is 0 Å². The van der Waals surface area contributed by atoms with Gasteiger partial charge in [-0.25, -0.2) is 4.98 Å². The van der Waals surface area contributed by atoms with Gasteiger partial charge in [-0.05, 0) is 50.8 Å². The van der Waals surface area contributed by atoms with Crippen LogP contribution in [0.3, 0.4) is 0 Å². The number of aromatic nitrogens is 2. The lowest BCUT2D eigenvalue weighted by Gasteiger charge is -2.31. The first-order valence-corrected chi connectivity index (χ1v) is 10.8. The summed E-state index contributed by atoms with van der Waals surface area (Å²) >= 11 is 0. The predicted octanol–water partition coefficient (Wildman–Crippen LogP) is 4.09. The third kappa shape index (κ3) is 4.82. The fourth-order valence-corrected chi connectivity index (χ4v) is 4.35. The number of nitrogens with zero attached hydrogens (tertiary/aromatic N) is 4. The van der Waals surface area contributed by atoms with Gasteiger partial charge in [0, 0.05) is 31.6 Å². The zero-order valence-corrected chi connectivity index (χ0v) is 17.7. The molecule has 0 saturated heterocycles. The number of anilines is 2. The molecular formula is C23H35N5. The number of nitrogens with two attached hydrogens (primary N) is 1. The summed E-state index contributed by atoms with van der Waals surface area (Å²) < 4.78 is 0. The number of nitrogen functional groups attached to an aromatic ring is 1. The molecule has 0 aliphatic heterocycles. The number of fused-ring (bicyclic) bond motifs is 1. The van der Waals surface area contributed by atoms with E-state index in [4.69, 9.17) is 10.7 Å². The van der Waals surface area contributed by atoms with Crippen molar-refractivity contribution in [3.8, 4) is 0 Å². The molecule has 1 heterocycles. The zero-order valence-electron chi connectivity index (χ0n) is 17.7. The van der Waals surface area contributed by atoms with Gasteiger partial charge < -0.3 is 15.5 Å². The Bertz CT molecular complexity index is 740. The molecule has 0 spiro atoms. The average Bonchev–Trinajstić information content (AvgIpc) is 2.71. The molecule has 0 radical (unpaired) electrons. The molecule has 1 aromatic heterocycles. The Kier molecular flexibility index (Phi) is 7.26. The first kappa shape index (κ1) is 20.6. The van der Waals surface area contributed by atoms with Gasteiger partial charge in [0.2, 0.25) is 5.95 Å². The molecule has 0 saturated carbocycles. The highest BCUT2D eigenvalue weighted by Crippen LogP contribution is 2.38. The summed E-state index contributed by atoms with van der Waals surface area (Å²) in [5.41, 5.74) is 9.90. The summed E-state index contributed by atoms with van der Waals surface area (Å²) in [5.74, 6) is 1.73. The van der Waals surface area contributed by atoms with Crippen LogP contribution < -0.4 is 10.6 Å². The summed E-state index contributed by atoms with van der Waals surface area (Å²) in [4.78, 5) is 14.2. The molecule has 1 atom stereocenters. The molecule has 5 nitrogen and oxygen atoms in total. The molecular weight excluding hydrogens is 346 g/mol. The molecule has 1 aromatic carbocycles. The molecule has 152 valence electrons. The Hall–Kier alpha value is -2.14. The second-order valence-corrected chi connectivity index (χ2v) is 7.89. The zero-order chi connectivity index (χ0) is 19.9. The molecule has 28 heavy (non-hydrogen) atoms. The van der Waals surface area contributed by atoms with Crippen molar-refractivity contribution in [3.05, 3.63) is 47.2 Å². The molecule has 2 aromatic rings. The van der Waals surface area contributed by atoms with Crippen molar-refractivity contribution in [1.82, 2.24) is 14.9 Å². The Morgan fingerprint density at radius 2 is 1.71 bits per heavy atom. The Morgan fingerprint density at radius 3 is 2.39 bits per heavy atom. The lowest BCUT2D eigenvalue weighted by molar-refractivity contribution is 0.281. The highest BCUT2D eigenvalue weighted by molar-refractivity contribution is 5.54. The van der Waals surface area contributed by atoms with Gasteiger partial charge in [0.1, 0.15) is 5.82 Å². The molecule has 1 unspecified atom stereocenters. The van der Waals surface area contributed by atoms with Gasteiger partial charge in [-0.3, -0.25) is 0 Å². The Labute approximate surface area is 170 Å². The van der Waals surface area contributed by atoms with E-state index in [1.165, 1.54) is 30.4 Å². The van der Waals surface area contributed by atoms with Crippen molar-refractivity contribution in [2.45, 2.75) is 51.9 Å². The molecule has 0 amide bonds. The van der Waals surface area contributed by atoms with Crippen molar-refractivity contribution >= 4 is 11.8 Å². The van der Waals surface area contributed by atoms with Crippen LogP contribution in [0.5, 0.6) is 0 Å². The quantitative estimate of drug-likeness (QED) is 0.709. The van der Waals surface area contributed by atoms with Gasteiger partial charge in [-0.1, -0.05) is 44.2 Å². The number of rotatable bonds is 9. The molecule has 0 bridgehead atoms. The Balaban J connectivity index is 1.83. The number of hydrogen-bond acceptors (Lipinski definition) is 5. The summed E-state index contributed by atoms with van der Waals surface area (Å²) in [5, 5.41) is 0. The van der Waals surface area contributed by atoms with Crippen LogP contribution in [0.15, 0.2) is 30.3 Å². The standard InChI is InChI=1S/C23H35N5/c1-4-14-28(15-5-2)17-16-27(3)22-20-13-9-12-19(18-10-7-6-8-11-18)21(20)25-23(24)26-22/h6-8,10-11,19H,4-5,9,12-17H2,1-3H3,(H2,24,25,26). The van der Waals surface area contributed by atoms with Gasteiger partial charge in [-0.2, -0.15) is 4.98 Å². The normalized spacial score (nSPS) is 16.2. The van der Waals surface area contributed by atoms with E-state index in [0.717, 1.165) is 50.5 Å². The van der Waals surface area contributed by atoms with Gasteiger partial charge in [0.25, 0.3) is 0 Å². The van der Waals surface area contributed by atoms with Gasteiger partial charge in [0.05, 0.1) is 5.69 Å². The number of likely N-dealkylation sites (N-methyl/N-ethyl adjacent to an activating group) is 1. The van der Waals surface area contributed by atoms with Crippen LogP contribution in [0.2, 0.25) is 0 Å². The molecule has 3 rings (SSSR count). The summed E-state index contributed by atoms with van der Waals surface area (Å²) in [7, 11) is 2.14. The maximum Gasteiger partial charge on any atom is 0.222 e. The monoisotopic (exact) mass is 381 g/mol. The molecule has 0 fully saturated rings. The smallest absolute Gasteiger partial charge is 0.222 e.